The van der Waals surface area contributed by atoms with Gasteiger partial charge in [-0.15, -0.1) is 0 Å². The highest BCUT2D eigenvalue weighted by atomic mass is 19.1. The normalized spacial score (nSPS) is 13.2. The number of aryl methyl sites for hydroxylation is 2. The summed E-state index contributed by atoms with van der Waals surface area (Å²) < 4.78 is 13.1. The Kier molecular flexibility index (Phi) is 4.48. The number of rotatable bonds is 4. The molecule has 1 atom stereocenters. The van der Waals surface area contributed by atoms with Crippen molar-refractivity contribution in [3.8, 4) is 0 Å². The smallest absolute Gasteiger partial charge is 0.123 e. The number of aliphatic hydroxyl groups excluding tert-OH is 1. The van der Waals surface area contributed by atoms with Gasteiger partial charge >= 0.3 is 0 Å². The van der Waals surface area contributed by atoms with Crippen molar-refractivity contribution in [3.05, 3.63) is 34.6 Å². The van der Waals surface area contributed by atoms with Crippen LogP contribution < -0.4 is 0 Å². The van der Waals surface area contributed by atoms with Crippen molar-refractivity contribution >= 4 is 0 Å². The van der Waals surface area contributed by atoms with Crippen LogP contribution in [0.4, 0.5) is 4.39 Å². The van der Waals surface area contributed by atoms with Crippen LogP contribution >= 0.6 is 0 Å². The largest absolute Gasteiger partial charge is 0.388 e. The van der Waals surface area contributed by atoms with Crippen LogP contribution in [0.5, 0.6) is 0 Å². The minimum Gasteiger partial charge on any atom is -0.388 e. The molecule has 2 heteroatoms. The average molecular weight is 224 g/mol. The third-order valence-corrected chi connectivity index (χ3v) is 2.91. The molecule has 0 saturated heterocycles. The van der Waals surface area contributed by atoms with Gasteiger partial charge in [0.2, 0.25) is 0 Å². The molecule has 0 spiro atoms. The maximum absolute atomic E-state index is 13.1. The van der Waals surface area contributed by atoms with Gasteiger partial charge in [0.1, 0.15) is 5.82 Å². The monoisotopic (exact) mass is 224 g/mol. The fraction of sp³-hybridized carbons (Fsp3) is 0.571. The molecule has 16 heavy (non-hydrogen) atoms. The average Bonchev–Trinajstić information content (AvgIpc) is 2.12. The van der Waals surface area contributed by atoms with Crippen LogP contribution in [0.3, 0.4) is 0 Å². The van der Waals surface area contributed by atoms with Gasteiger partial charge in [-0.05, 0) is 61.4 Å². The quantitative estimate of drug-likeness (QED) is 0.822. The van der Waals surface area contributed by atoms with Gasteiger partial charge in [-0.2, -0.15) is 0 Å². The SMILES string of the molecule is Cc1cc(F)cc(C)c1C(O)CCC(C)C. The summed E-state index contributed by atoms with van der Waals surface area (Å²) in [5.74, 6) is 0.352. The van der Waals surface area contributed by atoms with Crippen molar-refractivity contribution in [3.63, 3.8) is 0 Å². The standard InChI is InChI=1S/C14H21FO/c1-9(2)5-6-13(16)14-10(3)7-12(15)8-11(14)4/h7-9,13,16H,5-6H2,1-4H3. The third kappa shape index (κ3) is 3.31. The minimum absolute atomic E-state index is 0.227. The van der Waals surface area contributed by atoms with Gasteiger partial charge in [-0.3, -0.25) is 0 Å². The van der Waals surface area contributed by atoms with Crippen molar-refractivity contribution in [1.29, 1.82) is 0 Å². The number of hydrogen-bond donors (Lipinski definition) is 1. The molecule has 90 valence electrons. The molecule has 0 bridgehead atoms. The minimum atomic E-state index is -0.469. The first kappa shape index (κ1) is 13.2. The Morgan fingerprint density at radius 2 is 1.62 bits per heavy atom. The summed E-state index contributed by atoms with van der Waals surface area (Å²) in [6.07, 6.45) is 1.26. The Labute approximate surface area is 97.3 Å². The van der Waals surface area contributed by atoms with E-state index in [4.69, 9.17) is 0 Å². The van der Waals surface area contributed by atoms with Crippen molar-refractivity contribution in [2.75, 3.05) is 0 Å². The van der Waals surface area contributed by atoms with E-state index in [2.05, 4.69) is 13.8 Å². The number of aliphatic hydroxyl groups is 1. The Morgan fingerprint density at radius 1 is 1.12 bits per heavy atom. The van der Waals surface area contributed by atoms with Gasteiger partial charge in [-0.1, -0.05) is 13.8 Å². The third-order valence-electron chi connectivity index (χ3n) is 2.91. The maximum atomic E-state index is 13.1. The maximum Gasteiger partial charge on any atom is 0.123 e. The number of benzene rings is 1. The van der Waals surface area contributed by atoms with Gasteiger partial charge in [-0.25, -0.2) is 4.39 Å². The van der Waals surface area contributed by atoms with Gasteiger partial charge < -0.3 is 5.11 Å². The molecule has 0 radical (unpaired) electrons. The lowest BCUT2D eigenvalue weighted by atomic mass is 9.93. The van der Waals surface area contributed by atoms with E-state index in [1.807, 2.05) is 13.8 Å². The zero-order valence-corrected chi connectivity index (χ0v) is 10.5. The van der Waals surface area contributed by atoms with Crippen LogP contribution in [0.15, 0.2) is 12.1 Å². The molecule has 1 unspecified atom stereocenters. The first-order chi connectivity index (χ1) is 7.41. The molecule has 0 aromatic heterocycles. The van der Waals surface area contributed by atoms with Crippen molar-refractivity contribution < 1.29 is 9.50 Å². The summed E-state index contributed by atoms with van der Waals surface area (Å²) in [5.41, 5.74) is 2.57. The van der Waals surface area contributed by atoms with E-state index < -0.39 is 6.10 Å². The first-order valence-electron chi connectivity index (χ1n) is 5.86. The first-order valence-corrected chi connectivity index (χ1v) is 5.86. The Morgan fingerprint density at radius 3 is 2.06 bits per heavy atom. The van der Waals surface area contributed by atoms with E-state index in [-0.39, 0.29) is 5.82 Å². The Balaban J connectivity index is 2.86. The molecule has 1 N–H and O–H groups in total. The molecule has 1 aromatic carbocycles. The molecule has 0 aliphatic heterocycles. The topological polar surface area (TPSA) is 20.2 Å². The van der Waals surface area contributed by atoms with E-state index in [0.29, 0.717) is 5.92 Å². The fourth-order valence-electron chi connectivity index (χ4n) is 2.08. The van der Waals surface area contributed by atoms with Crippen LogP contribution in [0, 0.1) is 25.6 Å². The molecule has 0 heterocycles. The Bertz CT molecular complexity index is 335. The second-order valence-corrected chi connectivity index (χ2v) is 4.94. The van der Waals surface area contributed by atoms with E-state index >= 15 is 0 Å². The van der Waals surface area contributed by atoms with Crippen molar-refractivity contribution in [2.24, 2.45) is 5.92 Å². The molecular formula is C14H21FO. The van der Waals surface area contributed by atoms with Crippen LogP contribution in [0.2, 0.25) is 0 Å². The van der Waals surface area contributed by atoms with E-state index in [1.54, 1.807) is 0 Å². The molecule has 0 aliphatic rings. The van der Waals surface area contributed by atoms with Crippen molar-refractivity contribution in [1.82, 2.24) is 0 Å². The summed E-state index contributed by atoms with van der Waals surface area (Å²) in [4.78, 5) is 0. The summed E-state index contributed by atoms with van der Waals surface area (Å²) >= 11 is 0. The van der Waals surface area contributed by atoms with Crippen molar-refractivity contribution in [2.45, 2.75) is 46.6 Å². The van der Waals surface area contributed by atoms with Crippen LogP contribution in [-0.4, -0.2) is 5.11 Å². The highest BCUT2D eigenvalue weighted by Gasteiger charge is 2.14. The second kappa shape index (κ2) is 5.44. The van der Waals surface area contributed by atoms with Crippen LogP contribution in [0.25, 0.3) is 0 Å². The summed E-state index contributed by atoms with van der Waals surface area (Å²) in [6, 6.07) is 2.97. The molecule has 0 fully saturated rings. The van der Waals surface area contributed by atoms with E-state index in [0.717, 1.165) is 29.5 Å². The molecule has 1 nitrogen and oxygen atoms in total. The predicted octanol–water partition coefficient (Wildman–Crippen LogP) is 3.91. The second-order valence-electron chi connectivity index (χ2n) is 4.94. The van der Waals surface area contributed by atoms with Gasteiger partial charge in [0.05, 0.1) is 6.10 Å². The number of halogens is 1. The lowest BCUT2D eigenvalue weighted by Gasteiger charge is -2.17. The molecule has 1 aromatic rings. The summed E-state index contributed by atoms with van der Waals surface area (Å²) in [6.45, 7) is 7.97. The predicted molar refractivity (Wildman–Crippen MR) is 64.9 cm³/mol. The molecule has 1 rings (SSSR count). The molecule has 0 aliphatic carbocycles. The fourth-order valence-corrected chi connectivity index (χ4v) is 2.08. The highest BCUT2D eigenvalue weighted by Crippen LogP contribution is 2.27. The molecular weight excluding hydrogens is 203 g/mol. The zero-order chi connectivity index (χ0) is 12.3. The lowest BCUT2D eigenvalue weighted by molar-refractivity contribution is 0.157. The molecule has 0 amide bonds. The highest BCUT2D eigenvalue weighted by molar-refractivity contribution is 5.35. The summed E-state index contributed by atoms with van der Waals surface area (Å²) in [5, 5.41) is 10.1. The van der Waals surface area contributed by atoms with Crippen LogP contribution in [0.1, 0.15) is 49.5 Å². The van der Waals surface area contributed by atoms with E-state index in [1.165, 1.54) is 12.1 Å². The van der Waals surface area contributed by atoms with E-state index in [9.17, 15) is 9.50 Å². The zero-order valence-electron chi connectivity index (χ0n) is 10.5. The number of hydrogen-bond acceptors (Lipinski definition) is 1. The van der Waals surface area contributed by atoms with Gasteiger partial charge in [0.25, 0.3) is 0 Å². The Hall–Kier alpha value is -0.890. The molecule has 0 saturated carbocycles. The van der Waals surface area contributed by atoms with Gasteiger partial charge in [0.15, 0.2) is 0 Å². The lowest BCUT2D eigenvalue weighted by Crippen LogP contribution is -2.05. The van der Waals surface area contributed by atoms with Gasteiger partial charge in [0, 0.05) is 0 Å². The summed E-state index contributed by atoms with van der Waals surface area (Å²) in [7, 11) is 0. The van der Waals surface area contributed by atoms with Crippen LogP contribution in [-0.2, 0) is 0 Å².